The molecule has 25 heavy (non-hydrogen) atoms. The SMILES string of the molecule is CC(C)(C)c1ccc(=O)n(CCN2CCN(Cc3cocn3)CC2)n1. The van der Waals surface area contributed by atoms with Crippen molar-refractivity contribution < 1.29 is 4.42 Å². The molecule has 0 bridgehead atoms. The molecule has 1 aliphatic heterocycles. The van der Waals surface area contributed by atoms with E-state index in [4.69, 9.17) is 4.42 Å². The summed E-state index contributed by atoms with van der Waals surface area (Å²) in [6, 6.07) is 3.46. The van der Waals surface area contributed by atoms with E-state index in [2.05, 4.69) is 40.7 Å². The third kappa shape index (κ3) is 4.76. The summed E-state index contributed by atoms with van der Waals surface area (Å²) in [5, 5.41) is 4.54. The molecule has 2 aromatic heterocycles. The minimum absolute atomic E-state index is 0.0299. The predicted molar refractivity (Wildman–Crippen MR) is 95.4 cm³/mol. The second-order valence-electron chi connectivity index (χ2n) is 7.63. The Morgan fingerprint density at radius 1 is 1.08 bits per heavy atom. The molecule has 0 N–H and O–H groups in total. The van der Waals surface area contributed by atoms with E-state index in [1.54, 1.807) is 17.0 Å². The highest BCUT2D eigenvalue weighted by molar-refractivity contribution is 5.10. The number of rotatable bonds is 5. The zero-order valence-corrected chi connectivity index (χ0v) is 15.3. The third-order valence-electron chi connectivity index (χ3n) is 4.60. The second kappa shape index (κ2) is 7.49. The highest BCUT2D eigenvalue weighted by atomic mass is 16.3. The van der Waals surface area contributed by atoms with Crippen LogP contribution in [0.3, 0.4) is 0 Å². The van der Waals surface area contributed by atoms with Gasteiger partial charge in [0, 0.05) is 50.7 Å². The van der Waals surface area contributed by atoms with Crippen molar-refractivity contribution in [2.24, 2.45) is 0 Å². The summed E-state index contributed by atoms with van der Waals surface area (Å²) in [6.45, 7) is 12.6. The highest BCUT2D eigenvalue weighted by Crippen LogP contribution is 2.18. The van der Waals surface area contributed by atoms with Gasteiger partial charge in [0.2, 0.25) is 0 Å². The molecule has 0 radical (unpaired) electrons. The Hall–Kier alpha value is -1.99. The molecule has 3 heterocycles. The van der Waals surface area contributed by atoms with Crippen LogP contribution < -0.4 is 5.56 Å². The van der Waals surface area contributed by atoms with Crippen LogP contribution in [0, 0.1) is 0 Å². The molecule has 0 aliphatic carbocycles. The van der Waals surface area contributed by atoms with E-state index in [1.165, 1.54) is 6.39 Å². The summed E-state index contributed by atoms with van der Waals surface area (Å²) in [6.07, 6.45) is 3.18. The lowest BCUT2D eigenvalue weighted by atomic mass is 9.92. The van der Waals surface area contributed by atoms with Crippen molar-refractivity contribution in [3.63, 3.8) is 0 Å². The highest BCUT2D eigenvalue weighted by Gasteiger charge is 2.19. The number of piperazine rings is 1. The van der Waals surface area contributed by atoms with Gasteiger partial charge in [-0.2, -0.15) is 5.10 Å². The fourth-order valence-electron chi connectivity index (χ4n) is 2.96. The monoisotopic (exact) mass is 345 g/mol. The molecule has 3 rings (SSSR count). The topological polar surface area (TPSA) is 67.4 Å². The molecule has 1 saturated heterocycles. The molecule has 1 aliphatic rings. The second-order valence-corrected chi connectivity index (χ2v) is 7.63. The zero-order chi connectivity index (χ0) is 17.9. The van der Waals surface area contributed by atoms with Crippen molar-refractivity contribution in [1.29, 1.82) is 0 Å². The van der Waals surface area contributed by atoms with E-state index in [0.717, 1.165) is 50.7 Å². The van der Waals surface area contributed by atoms with Gasteiger partial charge in [0.25, 0.3) is 5.56 Å². The van der Waals surface area contributed by atoms with Gasteiger partial charge in [0.1, 0.15) is 6.26 Å². The van der Waals surface area contributed by atoms with Crippen molar-refractivity contribution in [2.45, 2.75) is 39.3 Å². The van der Waals surface area contributed by atoms with Crippen LogP contribution in [0.4, 0.5) is 0 Å². The van der Waals surface area contributed by atoms with E-state index < -0.39 is 0 Å². The molecule has 7 nitrogen and oxygen atoms in total. The number of nitrogens with zero attached hydrogens (tertiary/aromatic N) is 5. The van der Waals surface area contributed by atoms with Gasteiger partial charge in [-0.3, -0.25) is 14.6 Å². The van der Waals surface area contributed by atoms with Crippen molar-refractivity contribution in [3.05, 3.63) is 46.5 Å². The molecule has 0 amide bonds. The Morgan fingerprint density at radius 2 is 1.80 bits per heavy atom. The Kier molecular flexibility index (Phi) is 5.34. The van der Waals surface area contributed by atoms with Crippen molar-refractivity contribution in [3.8, 4) is 0 Å². The first kappa shape index (κ1) is 17.8. The van der Waals surface area contributed by atoms with Crippen molar-refractivity contribution >= 4 is 0 Å². The molecule has 0 saturated carbocycles. The van der Waals surface area contributed by atoms with Gasteiger partial charge in [-0.25, -0.2) is 9.67 Å². The van der Waals surface area contributed by atoms with E-state index in [1.807, 2.05) is 6.07 Å². The van der Waals surface area contributed by atoms with E-state index in [9.17, 15) is 4.79 Å². The quantitative estimate of drug-likeness (QED) is 0.815. The van der Waals surface area contributed by atoms with Crippen LogP contribution >= 0.6 is 0 Å². The molecule has 1 fully saturated rings. The van der Waals surface area contributed by atoms with E-state index in [0.29, 0.717) is 6.54 Å². The van der Waals surface area contributed by atoms with Crippen molar-refractivity contribution in [1.82, 2.24) is 24.6 Å². The fourth-order valence-corrected chi connectivity index (χ4v) is 2.96. The summed E-state index contributed by atoms with van der Waals surface area (Å²) >= 11 is 0. The van der Waals surface area contributed by atoms with Gasteiger partial charge < -0.3 is 4.42 Å². The molecule has 0 atom stereocenters. The Labute approximate surface area is 148 Å². The predicted octanol–water partition coefficient (Wildman–Crippen LogP) is 1.35. The Balaban J connectivity index is 1.51. The van der Waals surface area contributed by atoms with Gasteiger partial charge in [-0.05, 0) is 6.07 Å². The van der Waals surface area contributed by atoms with Crippen molar-refractivity contribution in [2.75, 3.05) is 32.7 Å². The van der Waals surface area contributed by atoms with Crippen LogP contribution in [-0.2, 0) is 18.5 Å². The van der Waals surface area contributed by atoms with Gasteiger partial charge in [-0.15, -0.1) is 0 Å². The average Bonchev–Trinajstić information content (AvgIpc) is 3.07. The Morgan fingerprint density at radius 3 is 2.44 bits per heavy atom. The van der Waals surface area contributed by atoms with Crippen LogP contribution in [0.1, 0.15) is 32.2 Å². The van der Waals surface area contributed by atoms with Gasteiger partial charge in [0.05, 0.1) is 17.9 Å². The largest absolute Gasteiger partial charge is 0.451 e. The summed E-state index contributed by atoms with van der Waals surface area (Å²) < 4.78 is 6.62. The summed E-state index contributed by atoms with van der Waals surface area (Å²) in [7, 11) is 0. The smallest absolute Gasteiger partial charge is 0.266 e. The van der Waals surface area contributed by atoms with Gasteiger partial charge >= 0.3 is 0 Å². The third-order valence-corrected chi connectivity index (χ3v) is 4.60. The lowest BCUT2D eigenvalue weighted by Crippen LogP contribution is -2.47. The number of hydrogen-bond donors (Lipinski definition) is 0. The summed E-state index contributed by atoms with van der Waals surface area (Å²) in [5.74, 6) is 0. The lowest BCUT2D eigenvalue weighted by Gasteiger charge is -2.34. The molecule has 0 spiro atoms. The lowest BCUT2D eigenvalue weighted by molar-refractivity contribution is 0.121. The molecule has 0 aromatic carbocycles. The first-order valence-electron chi connectivity index (χ1n) is 8.82. The van der Waals surface area contributed by atoms with E-state index in [-0.39, 0.29) is 11.0 Å². The molecular weight excluding hydrogens is 318 g/mol. The van der Waals surface area contributed by atoms with E-state index >= 15 is 0 Å². The molecule has 0 unspecified atom stereocenters. The molecule has 136 valence electrons. The zero-order valence-electron chi connectivity index (χ0n) is 15.3. The maximum absolute atomic E-state index is 12.1. The maximum atomic E-state index is 12.1. The number of oxazole rings is 1. The first-order valence-corrected chi connectivity index (χ1v) is 8.82. The minimum atomic E-state index is -0.0534. The number of aromatic nitrogens is 3. The van der Waals surface area contributed by atoms with Gasteiger partial charge in [0.15, 0.2) is 6.39 Å². The average molecular weight is 345 g/mol. The standard InChI is InChI=1S/C18H27N5O2/c1-18(2,3)16-4-5-17(24)23(20-16)11-10-21-6-8-22(9-7-21)12-15-13-25-14-19-15/h4-5,13-14H,6-12H2,1-3H3. The maximum Gasteiger partial charge on any atom is 0.266 e. The fraction of sp³-hybridized carbons (Fsp3) is 0.611. The number of hydrogen-bond acceptors (Lipinski definition) is 6. The van der Waals surface area contributed by atoms with Gasteiger partial charge in [-0.1, -0.05) is 20.8 Å². The molecular formula is C18H27N5O2. The van der Waals surface area contributed by atoms with Crippen LogP contribution in [0.2, 0.25) is 0 Å². The normalized spacial score (nSPS) is 17.1. The molecule has 2 aromatic rings. The van der Waals surface area contributed by atoms with Crippen LogP contribution in [0.5, 0.6) is 0 Å². The van der Waals surface area contributed by atoms with Crippen LogP contribution in [-0.4, -0.2) is 57.3 Å². The summed E-state index contributed by atoms with van der Waals surface area (Å²) in [4.78, 5) is 21.0. The summed E-state index contributed by atoms with van der Waals surface area (Å²) in [5.41, 5.74) is 1.84. The van der Waals surface area contributed by atoms with Crippen LogP contribution in [0.15, 0.2) is 34.0 Å². The Bertz CT molecular complexity index is 725. The minimum Gasteiger partial charge on any atom is -0.451 e. The molecule has 7 heteroatoms. The first-order chi connectivity index (χ1) is 11.9. The van der Waals surface area contributed by atoms with Crippen LogP contribution in [0.25, 0.3) is 0 Å².